The Labute approximate surface area is 435 Å². The lowest BCUT2D eigenvalue weighted by atomic mass is 9.32. The Balaban J connectivity index is 0.881. The predicted molar refractivity (Wildman–Crippen MR) is 269 cm³/mol. The van der Waals surface area contributed by atoms with Gasteiger partial charge in [-0.25, -0.2) is 0 Å². The number of hydrogen-bond acceptors (Lipinski definition) is 15. The number of nitrogens with zero attached hydrogens (tertiary/aromatic N) is 2. The topological polar surface area (TPSA) is 212 Å². The molecule has 6 aliphatic carbocycles. The minimum absolute atomic E-state index is 0.00671. The number of Topliss-reactive ketones (excluding diaryl/α,β-unsaturated/α-hetero) is 1. The van der Waals surface area contributed by atoms with E-state index >= 15 is 0 Å². The van der Waals surface area contributed by atoms with Crippen LogP contribution in [-0.4, -0.2) is 116 Å². The van der Waals surface area contributed by atoms with Gasteiger partial charge in [-0.3, -0.25) is 38.4 Å². The van der Waals surface area contributed by atoms with E-state index in [0.717, 1.165) is 69.7 Å². The second-order valence-electron chi connectivity index (χ2n) is 23.7. The highest BCUT2D eigenvalue weighted by Crippen LogP contribution is 2.78. The van der Waals surface area contributed by atoms with Crippen molar-refractivity contribution in [3.05, 3.63) is 47.0 Å². The van der Waals surface area contributed by atoms with Gasteiger partial charge in [0, 0.05) is 69.8 Å². The number of rotatable bonds is 17. The molecule has 0 bridgehead atoms. The molecule has 1 amide bonds. The van der Waals surface area contributed by atoms with Crippen LogP contribution in [0.5, 0.6) is 0 Å². The summed E-state index contributed by atoms with van der Waals surface area (Å²) in [6.07, 6.45) is 10.1. The summed E-state index contributed by atoms with van der Waals surface area (Å²) in [5.41, 5.74) is 0.0373. The Morgan fingerprint density at radius 3 is 2.14 bits per heavy atom. The maximum absolute atomic E-state index is 14.6. The molecule has 17 nitrogen and oxygen atoms in total. The largest absolute Gasteiger partial charge is 0.492 e. The van der Waals surface area contributed by atoms with E-state index in [0.29, 0.717) is 43.8 Å². The molecule has 1 saturated heterocycles. The molecule has 1 aromatic heterocycles. The van der Waals surface area contributed by atoms with Crippen molar-refractivity contribution in [2.45, 2.75) is 144 Å². The minimum atomic E-state index is -0.705. The third-order valence-corrected chi connectivity index (χ3v) is 20.0. The molecule has 6 fully saturated rings. The number of hydrogen-bond donors (Lipinski definition) is 1. The Hall–Kier alpha value is -5.32. The van der Waals surface area contributed by atoms with Crippen molar-refractivity contribution in [2.24, 2.45) is 63.7 Å². The highest BCUT2D eigenvalue weighted by molar-refractivity contribution is 6.23. The maximum atomic E-state index is 14.6. The van der Waals surface area contributed by atoms with Crippen LogP contribution < -0.4 is 5.32 Å². The first kappa shape index (κ1) is 54.9. The van der Waals surface area contributed by atoms with Gasteiger partial charge >= 0.3 is 29.8 Å². The fourth-order valence-corrected chi connectivity index (χ4v) is 16.3. The van der Waals surface area contributed by atoms with Gasteiger partial charge in [-0.1, -0.05) is 39.8 Å². The first-order valence-electron chi connectivity index (χ1n) is 27.0. The summed E-state index contributed by atoms with van der Waals surface area (Å²) in [4.78, 5) is 106. The zero-order valence-electron chi connectivity index (χ0n) is 45.0. The average Bonchev–Trinajstić information content (AvgIpc) is 3.94. The number of ether oxygens (including phenoxy) is 6. The summed E-state index contributed by atoms with van der Waals surface area (Å²) in [6.45, 7) is 19.8. The smallest absolute Gasteiger partial charge is 0.312 e. The molecule has 0 unspecified atom stereocenters. The molecule has 11 atom stereocenters. The van der Waals surface area contributed by atoms with Gasteiger partial charge in [0.15, 0.2) is 5.76 Å². The van der Waals surface area contributed by atoms with Crippen molar-refractivity contribution >= 4 is 47.3 Å². The van der Waals surface area contributed by atoms with Gasteiger partial charge in [0.1, 0.15) is 38.2 Å². The van der Waals surface area contributed by atoms with Gasteiger partial charge in [-0.15, -0.1) is 0 Å². The number of ketones is 2. The third kappa shape index (κ3) is 9.76. The number of aromatic nitrogens is 1. The molecule has 8 rings (SSSR count). The summed E-state index contributed by atoms with van der Waals surface area (Å²) in [5.74, 6) is -2.54. The summed E-state index contributed by atoms with van der Waals surface area (Å²) in [6, 6.07) is 0. The summed E-state index contributed by atoms with van der Waals surface area (Å²) in [5, 5.41) is 3.25. The fraction of sp³-hybridized carbons (Fsp3) is 0.719. The van der Waals surface area contributed by atoms with Gasteiger partial charge in [0.2, 0.25) is 17.5 Å². The molecule has 1 aromatic rings. The third-order valence-electron chi connectivity index (χ3n) is 20.0. The molecule has 2 heterocycles. The number of aryl methyl sites for hydroxylation is 1. The lowest BCUT2D eigenvalue weighted by molar-refractivity contribution is -0.258. The van der Waals surface area contributed by atoms with Gasteiger partial charge in [0.25, 0.3) is 0 Å². The Bertz CT molecular complexity index is 2470. The van der Waals surface area contributed by atoms with Crippen LogP contribution in [0.15, 0.2) is 30.2 Å². The lowest BCUT2D eigenvalue weighted by Crippen LogP contribution is -2.68. The van der Waals surface area contributed by atoms with E-state index in [-0.39, 0.29) is 127 Å². The maximum Gasteiger partial charge on any atom is 0.312 e. The molecule has 17 heteroatoms. The Morgan fingerprint density at radius 1 is 0.757 bits per heavy atom. The Kier molecular flexibility index (Phi) is 15.9. The molecule has 0 radical (unpaired) electrons. The van der Waals surface area contributed by atoms with Gasteiger partial charge < -0.3 is 43.2 Å². The molecule has 5 saturated carbocycles. The monoisotopic (exact) mass is 1030 g/mol. The van der Waals surface area contributed by atoms with Crippen LogP contribution in [0.3, 0.4) is 0 Å². The van der Waals surface area contributed by atoms with Crippen molar-refractivity contribution in [2.75, 3.05) is 53.1 Å². The van der Waals surface area contributed by atoms with Crippen molar-refractivity contribution in [1.82, 2.24) is 14.8 Å². The number of fused-ring (bicyclic) bond motifs is 8. The minimum Gasteiger partial charge on any atom is -0.492 e. The van der Waals surface area contributed by atoms with Gasteiger partial charge in [0.05, 0.1) is 37.4 Å². The highest BCUT2D eigenvalue weighted by atomic mass is 16.6. The molecule has 7 aliphatic rings. The first-order valence-corrected chi connectivity index (χ1v) is 27.0. The van der Waals surface area contributed by atoms with Crippen molar-refractivity contribution < 1.29 is 66.8 Å². The van der Waals surface area contributed by atoms with Crippen LogP contribution in [0.25, 0.3) is 0 Å². The van der Waals surface area contributed by atoms with E-state index in [1.807, 2.05) is 0 Å². The van der Waals surface area contributed by atoms with Crippen molar-refractivity contribution in [3.63, 3.8) is 0 Å². The average molecular weight is 1030 g/mol. The van der Waals surface area contributed by atoms with Crippen LogP contribution in [0.2, 0.25) is 0 Å². The van der Waals surface area contributed by atoms with Gasteiger partial charge in [-0.2, -0.15) is 0 Å². The Morgan fingerprint density at radius 2 is 1.45 bits per heavy atom. The predicted octanol–water partition coefficient (Wildman–Crippen LogP) is 7.17. The second kappa shape index (κ2) is 21.4. The highest BCUT2D eigenvalue weighted by Gasteiger charge is 2.73. The van der Waals surface area contributed by atoms with E-state index in [1.165, 1.54) is 18.6 Å². The molecule has 0 aromatic carbocycles. The van der Waals surface area contributed by atoms with E-state index in [2.05, 4.69) is 46.5 Å². The zero-order chi connectivity index (χ0) is 53.5. The summed E-state index contributed by atoms with van der Waals surface area (Å²) in [7, 11) is 2.92. The molecular formula is C57H79N3O14. The molecular weight excluding hydrogens is 951 g/mol. The van der Waals surface area contributed by atoms with Crippen LogP contribution in [0.1, 0.15) is 158 Å². The molecule has 1 N–H and O–H groups in total. The number of nitrogens with one attached hydrogen (secondary N) is 1. The quantitative estimate of drug-likeness (QED) is 0.0709. The van der Waals surface area contributed by atoms with Crippen LogP contribution in [-0.2, 0) is 70.8 Å². The summed E-state index contributed by atoms with van der Waals surface area (Å²) >= 11 is 0. The second-order valence-corrected chi connectivity index (χ2v) is 23.7. The molecule has 1 aliphatic heterocycles. The van der Waals surface area contributed by atoms with E-state index in [9.17, 15) is 38.4 Å². The number of carbonyl (C=O) groups excluding carboxylic acids is 8. The molecule has 74 heavy (non-hydrogen) atoms. The van der Waals surface area contributed by atoms with Crippen molar-refractivity contribution in [1.29, 1.82) is 0 Å². The molecule has 406 valence electrons. The van der Waals surface area contributed by atoms with E-state index < -0.39 is 46.4 Å². The lowest BCUT2D eigenvalue weighted by Gasteiger charge is -2.72. The van der Waals surface area contributed by atoms with E-state index in [1.54, 1.807) is 18.1 Å². The normalized spacial score (nSPS) is 34.1. The van der Waals surface area contributed by atoms with Gasteiger partial charge in [-0.05, 0) is 117 Å². The number of esters is 5. The standard InChI is InChI=1S/C57H79N3O14/c1-34(2)37-16-21-57(52(68)71-29-28-70-45(64)14-15-46(65)72-32-36-31-59(8)50-39(62)30-40(69-9)51(67)48(36)50)23-22-55(6)38(49(37)57)10-11-42-53(4)19-18-43(74-47(66)13-12-44(63)60-26-24-58-25-27-60)54(5,33-73-35(3)61)41(53)17-20-56(42,55)7/h30-31,37-38,41-43,49,58H,1,10-29,32-33H2,2-9H3/t37-,38+,41+,42+,43-,49+,53-,54-,55+,56+,57-/m0/s1. The van der Waals surface area contributed by atoms with Crippen LogP contribution in [0, 0.1) is 56.7 Å². The van der Waals surface area contributed by atoms with E-state index in [4.69, 9.17) is 28.4 Å². The zero-order valence-corrected chi connectivity index (χ0v) is 45.0. The summed E-state index contributed by atoms with van der Waals surface area (Å²) < 4.78 is 35.6. The van der Waals surface area contributed by atoms with Crippen LogP contribution in [0.4, 0.5) is 0 Å². The first-order chi connectivity index (χ1) is 35.0. The van der Waals surface area contributed by atoms with Crippen LogP contribution >= 0.6 is 0 Å². The number of carbonyl (C=O) groups is 8. The number of piperazine rings is 1. The van der Waals surface area contributed by atoms with Crippen molar-refractivity contribution in [3.8, 4) is 0 Å². The number of allylic oxidation sites excluding steroid dienone is 3. The number of methoxy groups -OCH3 is 1. The SMILES string of the molecule is C=C(C)[C@@H]1CC[C@]2(C(=O)OCCOC(=O)CCC(=O)OCc3cn(C)c4c3C(=O)C(OC)=CC4=O)CC[C@]3(C)[C@H](CC[C@@H]4[C@@]5(C)CC[C@H](OC(=O)CCC(=O)N6CCNCC6)[C@@](C)(COC(C)=O)[C@@H]5CC[C@]43C)[C@@H]12. The number of amides is 1. The molecule has 0 spiro atoms. The fourth-order valence-electron chi connectivity index (χ4n) is 16.3.